The summed E-state index contributed by atoms with van der Waals surface area (Å²) in [6, 6.07) is 1.99. The van der Waals surface area contributed by atoms with Gasteiger partial charge in [0.15, 0.2) is 15.7 Å². The molecule has 0 aliphatic heterocycles. The first-order chi connectivity index (χ1) is 9.04. The van der Waals surface area contributed by atoms with Crippen molar-refractivity contribution in [3.63, 3.8) is 0 Å². The summed E-state index contributed by atoms with van der Waals surface area (Å²) < 4.78 is 28.2. The van der Waals surface area contributed by atoms with Crippen molar-refractivity contribution in [3.8, 4) is 0 Å². The van der Waals surface area contributed by atoms with Crippen molar-refractivity contribution in [2.45, 2.75) is 24.8 Å². The number of anilines is 2. The highest BCUT2D eigenvalue weighted by Gasteiger charge is 2.24. The summed E-state index contributed by atoms with van der Waals surface area (Å²) in [6.45, 7) is 2.39. The molecule has 0 unspecified atom stereocenters. The van der Waals surface area contributed by atoms with Gasteiger partial charge in [-0.05, 0) is 40.3 Å². The molecule has 2 aromatic heterocycles. The Kier molecular flexibility index (Phi) is 4.43. The van der Waals surface area contributed by atoms with Gasteiger partial charge in [0.05, 0.1) is 5.75 Å². The van der Waals surface area contributed by atoms with Crippen molar-refractivity contribution in [3.05, 3.63) is 22.4 Å². The minimum Gasteiger partial charge on any atom is -0.382 e. The maximum atomic E-state index is 12.1. The van der Waals surface area contributed by atoms with Crippen molar-refractivity contribution >= 4 is 43.5 Å². The van der Waals surface area contributed by atoms with Gasteiger partial charge in [0.2, 0.25) is 0 Å². The van der Waals surface area contributed by atoms with E-state index < -0.39 is 9.84 Å². The lowest BCUT2D eigenvalue weighted by Crippen LogP contribution is -2.10. The average Bonchev–Trinajstić information content (AvgIpc) is 2.95. The number of nitrogen functional groups attached to an aromatic ring is 1. The van der Waals surface area contributed by atoms with E-state index in [9.17, 15) is 8.42 Å². The summed E-state index contributed by atoms with van der Waals surface area (Å²) in [4.78, 5) is 0.148. The molecule has 5 nitrogen and oxygen atoms in total. The lowest BCUT2D eigenvalue weighted by molar-refractivity contribution is 0.595. The van der Waals surface area contributed by atoms with E-state index in [-0.39, 0.29) is 16.5 Å². The summed E-state index contributed by atoms with van der Waals surface area (Å²) >= 11 is 2.69. The quantitative estimate of drug-likeness (QED) is 0.855. The monoisotopic (exact) mass is 317 g/mol. The first-order valence-electron chi connectivity index (χ1n) is 5.77. The Morgan fingerprint density at radius 3 is 2.89 bits per heavy atom. The molecule has 0 radical (unpaired) electrons. The molecule has 0 spiro atoms. The van der Waals surface area contributed by atoms with Crippen LogP contribution in [-0.4, -0.2) is 18.5 Å². The Balaban J connectivity index is 2.22. The Morgan fingerprint density at radius 1 is 1.47 bits per heavy atom. The molecule has 0 aliphatic rings. The van der Waals surface area contributed by atoms with Crippen molar-refractivity contribution in [1.82, 2.24) is 4.37 Å². The van der Waals surface area contributed by atoms with Gasteiger partial charge < -0.3 is 11.1 Å². The molecular weight excluding hydrogens is 302 g/mol. The summed E-state index contributed by atoms with van der Waals surface area (Å²) in [5.41, 5.74) is 6.80. The third-order valence-electron chi connectivity index (χ3n) is 2.49. The van der Waals surface area contributed by atoms with Gasteiger partial charge in [0.25, 0.3) is 0 Å². The zero-order chi connectivity index (χ0) is 13.9. The number of hydrogen-bond acceptors (Lipinski definition) is 7. The van der Waals surface area contributed by atoms with Gasteiger partial charge in [0, 0.05) is 6.54 Å². The van der Waals surface area contributed by atoms with E-state index in [2.05, 4.69) is 9.69 Å². The number of thiophene rings is 1. The lowest BCUT2D eigenvalue weighted by Gasteiger charge is -2.06. The molecule has 0 fully saturated rings. The number of rotatable bonds is 6. The Hall–Kier alpha value is -1.12. The highest BCUT2D eigenvalue weighted by Crippen LogP contribution is 2.32. The largest absolute Gasteiger partial charge is 0.382 e. The van der Waals surface area contributed by atoms with E-state index in [1.165, 1.54) is 0 Å². The third kappa shape index (κ3) is 3.26. The van der Waals surface area contributed by atoms with Crippen LogP contribution >= 0.6 is 22.9 Å². The lowest BCUT2D eigenvalue weighted by atomic mass is 10.3. The third-order valence-corrected chi connectivity index (χ3v) is 6.15. The van der Waals surface area contributed by atoms with E-state index in [1.807, 2.05) is 23.8 Å². The number of hydrogen-bond donors (Lipinski definition) is 2. The zero-order valence-corrected chi connectivity index (χ0v) is 12.9. The van der Waals surface area contributed by atoms with Crippen LogP contribution in [0.3, 0.4) is 0 Å². The van der Waals surface area contributed by atoms with Gasteiger partial charge in [-0.25, -0.2) is 8.42 Å². The van der Waals surface area contributed by atoms with Crippen LogP contribution in [0.5, 0.6) is 0 Å². The molecule has 3 N–H and O–H groups in total. The zero-order valence-electron chi connectivity index (χ0n) is 10.4. The molecule has 0 amide bonds. The fraction of sp³-hybridized carbons (Fsp3) is 0.364. The maximum absolute atomic E-state index is 12.1. The smallest absolute Gasteiger partial charge is 0.185 e. The number of nitrogens with one attached hydrogen (secondary N) is 1. The molecule has 0 aliphatic carbocycles. The summed E-state index contributed by atoms with van der Waals surface area (Å²) in [5, 5.41) is 7.62. The maximum Gasteiger partial charge on any atom is 0.185 e. The minimum atomic E-state index is -3.36. The molecule has 19 heavy (non-hydrogen) atoms. The van der Waals surface area contributed by atoms with Crippen LogP contribution in [0.25, 0.3) is 0 Å². The molecule has 0 bridgehead atoms. The highest BCUT2D eigenvalue weighted by molar-refractivity contribution is 7.91. The van der Waals surface area contributed by atoms with Crippen LogP contribution in [0.4, 0.5) is 10.8 Å². The second-order valence-corrected chi connectivity index (χ2v) is 7.63. The minimum absolute atomic E-state index is 0.0861. The van der Waals surface area contributed by atoms with Gasteiger partial charge in [-0.2, -0.15) is 15.7 Å². The summed E-state index contributed by atoms with van der Waals surface area (Å²) in [5.74, 6) is 0.175. The van der Waals surface area contributed by atoms with E-state index >= 15 is 0 Å². The van der Waals surface area contributed by atoms with Crippen LogP contribution in [0, 0.1) is 0 Å². The van der Waals surface area contributed by atoms with Gasteiger partial charge in [-0.3, -0.25) is 0 Å². The van der Waals surface area contributed by atoms with Gasteiger partial charge in [-0.15, -0.1) is 0 Å². The predicted octanol–water partition coefficient (Wildman–Crippen LogP) is 2.58. The fourth-order valence-electron chi connectivity index (χ4n) is 1.65. The molecule has 2 heterocycles. The molecule has 2 rings (SSSR count). The first kappa shape index (κ1) is 14.3. The van der Waals surface area contributed by atoms with E-state index in [0.29, 0.717) is 18.0 Å². The van der Waals surface area contributed by atoms with Gasteiger partial charge in [-0.1, -0.05) is 6.92 Å². The average molecular weight is 317 g/mol. The van der Waals surface area contributed by atoms with E-state index in [1.54, 1.807) is 11.3 Å². The number of aromatic nitrogens is 1. The van der Waals surface area contributed by atoms with Gasteiger partial charge in [0.1, 0.15) is 9.90 Å². The number of nitrogens with zero attached hydrogens (tertiary/aromatic N) is 1. The van der Waals surface area contributed by atoms with Crippen molar-refractivity contribution < 1.29 is 8.42 Å². The summed E-state index contributed by atoms with van der Waals surface area (Å²) in [6.07, 6.45) is 0.557. The Morgan fingerprint density at radius 2 is 2.26 bits per heavy atom. The van der Waals surface area contributed by atoms with Crippen molar-refractivity contribution in [1.29, 1.82) is 0 Å². The van der Waals surface area contributed by atoms with Gasteiger partial charge >= 0.3 is 0 Å². The molecule has 0 atom stereocenters. The highest BCUT2D eigenvalue weighted by atomic mass is 32.2. The van der Waals surface area contributed by atoms with E-state index in [0.717, 1.165) is 17.1 Å². The molecular formula is C11H15N3O2S3. The number of nitrogens with two attached hydrogens (primary N) is 1. The topological polar surface area (TPSA) is 85.1 Å². The molecule has 2 aromatic rings. The molecule has 8 heteroatoms. The normalized spacial score (nSPS) is 11.6. The van der Waals surface area contributed by atoms with Crippen LogP contribution in [0.1, 0.15) is 18.9 Å². The first-order valence-corrected chi connectivity index (χ1v) is 9.14. The number of sulfone groups is 1. The van der Waals surface area contributed by atoms with E-state index in [4.69, 9.17) is 5.73 Å². The van der Waals surface area contributed by atoms with Crippen LogP contribution in [0.2, 0.25) is 0 Å². The molecule has 0 saturated heterocycles. The molecule has 104 valence electrons. The Labute approximate surface area is 120 Å². The van der Waals surface area contributed by atoms with Crippen LogP contribution < -0.4 is 11.1 Å². The van der Waals surface area contributed by atoms with Crippen molar-refractivity contribution in [2.75, 3.05) is 16.8 Å². The van der Waals surface area contributed by atoms with Crippen LogP contribution in [0.15, 0.2) is 21.7 Å². The predicted molar refractivity (Wildman–Crippen MR) is 80.5 cm³/mol. The van der Waals surface area contributed by atoms with Crippen LogP contribution in [-0.2, 0) is 16.4 Å². The molecule has 0 saturated carbocycles. The standard InChI is InChI=1S/C11H15N3O2S3/c1-2-5-19(15,16)9-10(12)14-18-11(9)13-6-8-3-4-17-7-8/h3-4,7,13H,2,5-6H2,1H3,(H2,12,14). The fourth-order valence-corrected chi connectivity index (χ4v) is 4.94. The Bertz CT molecular complexity index is 632. The SMILES string of the molecule is CCCS(=O)(=O)c1c(N)nsc1NCc1ccsc1. The second-order valence-electron chi connectivity index (χ2n) is 4.03. The van der Waals surface area contributed by atoms with Crippen molar-refractivity contribution in [2.24, 2.45) is 0 Å². The summed E-state index contributed by atoms with van der Waals surface area (Å²) in [7, 11) is -3.36. The molecule has 0 aromatic carbocycles. The second kappa shape index (κ2) is 5.89.